The molecule has 2 aliphatic rings. The minimum absolute atomic E-state index is 0.243. The first-order valence-electron chi connectivity index (χ1n) is 7.37. The summed E-state index contributed by atoms with van der Waals surface area (Å²) in [6.07, 6.45) is 4.55. The maximum absolute atomic E-state index is 12.5. The molecular weight excluding hydrogens is 226 g/mol. The van der Waals surface area contributed by atoms with E-state index < -0.39 is 0 Å². The van der Waals surface area contributed by atoms with E-state index in [1.165, 1.54) is 6.42 Å². The molecule has 0 aromatic heterocycles. The van der Waals surface area contributed by atoms with Crippen LogP contribution in [0.5, 0.6) is 0 Å². The third kappa shape index (κ3) is 2.97. The number of nitrogens with two attached hydrogens (primary N) is 1. The molecule has 0 aromatic carbocycles. The highest BCUT2D eigenvalue weighted by Crippen LogP contribution is 2.24. The molecule has 0 saturated carbocycles. The molecule has 0 aliphatic carbocycles. The molecule has 2 atom stereocenters. The van der Waals surface area contributed by atoms with Crippen LogP contribution in [0.3, 0.4) is 0 Å². The fourth-order valence-corrected chi connectivity index (χ4v) is 3.02. The van der Waals surface area contributed by atoms with Gasteiger partial charge in [-0.05, 0) is 51.0 Å². The second kappa shape index (κ2) is 5.91. The number of hydrogen-bond acceptors (Lipinski definition) is 2. The molecule has 0 aromatic rings. The van der Waals surface area contributed by atoms with Gasteiger partial charge in [-0.3, -0.25) is 0 Å². The molecule has 2 fully saturated rings. The quantitative estimate of drug-likeness (QED) is 0.776. The van der Waals surface area contributed by atoms with Crippen LogP contribution >= 0.6 is 0 Å². The summed E-state index contributed by atoms with van der Waals surface area (Å²) < 4.78 is 0. The number of carbonyl (C=O) groups is 1. The first kappa shape index (κ1) is 13.7. The van der Waals surface area contributed by atoms with Gasteiger partial charge >= 0.3 is 6.03 Å². The van der Waals surface area contributed by atoms with E-state index in [0.29, 0.717) is 18.5 Å². The summed E-state index contributed by atoms with van der Waals surface area (Å²) in [7, 11) is 0. The summed E-state index contributed by atoms with van der Waals surface area (Å²) in [5.74, 6) is 1.26. The van der Waals surface area contributed by atoms with Gasteiger partial charge in [0.1, 0.15) is 0 Å². The van der Waals surface area contributed by atoms with Crippen LogP contribution in [0.15, 0.2) is 0 Å². The largest absolute Gasteiger partial charge is 0.330 e. The van der Waals surface area contributed by atoms with Crippen LogP contribution in [-0.4, -0.2) is 48.1 Å². The molecular formula is C14H27N3O. The number of urea groups is 1. The molecule has 4 nitrogen and oxygen atoms in total. The Morgan fingerprint density at radius 2 is 1.83 bits per heavy atom. The zero-order valence-electron chi connectivity index (χ0n) is 11.8. The zero-order valence-corrected chi connectivity index (χ0v) is 11.8. The summed E-state index contributed by atoms with van der Waals surface area (Å²) in [6, 6.07) is 0.618. The lowest BCUT2D eigenvalue weighted by atomic mass is 9.93. The van der Waals surface area contributed by atoms with Crippen LogP contribution < -0.4 is 5.73 Å². The third-order valence-corrected chi connectivity index (χ3v) is 4.61. The average Bonchev–Trinajstić information content (AvgIpc) is 2.39. The Morgan fingerprint density at radius 3 is 2.44 bits per heavy atom. The average molecular weight is 253 g/mol. The lowest BCUT2D eigenvalue weighted by molar-refractivity contribution is 0.0921. The maximum Gasteiger partial charge on any atom is 0.320 e. The van der Waals surface area contributed by atoms with Gasteiger partial charge < -0.3 is 15.5 Å². The van der Waals surface area contributed by atoms with E-state index in [1.54, 1.807) is 0 Å². The van der Waals surface area contributed by atoms with Gasteiger partial charge in [0.2, 0.25) is 0 Å². The van der Waals surface area contributed by atoms with Gasteiger partial charge in [-0.25, -0.2) is 4.79 Å². The lowest BCUT2D eigenvalue weighted by Gasteiger charge is -2.42. The van der Waals surface area contributed by atoms with Crippen molar-refractivity contribution in [1.29, 1.82) is 0 Å². The van der Waals surface area contributed by atoms with E-state index in [-0.39, 0.29) is 6.03 Å². The van der Waals surface area contributed by atoms with E-state index in [1.807, 2.05) is 4.90 Å². The Kier molecular flexibility index (Phi) is 4.49. The molecule has 18 heavy (non-hydrogen) atoms. The minimum atomic E-state index is 0.243. The third-order valence-electron chi connectivity index (χ3n) is 4.61. The second-order valence-corrected chi connectivity index (χ2v) is 6.13. The minimum Gasteiger partial charge on any atom is -0.330 e. The van der Waals surface area contributed by atoms with Crippen molar-refractivity contribution in [2.45, 2.75) is 45.6 Å². The fraction of sp³-hybridized carbons (Fsp3) is 0.929. The molecule has 2 rings (SSSR count). The first-order valence-corrected chi connectivity index (χ1v) is 7.37. The van der Waals surface area contributed by atoms with Crippen molar-refractivity contribution in [1.82, 2.24) is 9.80 Å². The number of carbonyl (C=O) groups excluding carboxylic acids is 1. The number of likely N-dealkylation sites (tertiary alicyclic amines) is 2. The Hall–Kier alpha value is -0.770. The Bertz CT molecular complexity index is 287. The second-order valence-electron chi connectivity index (χ2n) is 6.13. The molecule has 4 heteroatoms. The van der Waals surface area contributed by atoms with Crippen molar-refractivity contribution >= 4 is 6.03 Å². The molecule has 0 bridgehead atoms. The SMILES string of the molecule is CC1CCN(C(=O)N2CC(CN)CCC2C)CC1. The standard InChI is InChI=1S/C14H27N3O/c1-11-5-7-16(8-6-11)14(18)17-10-13(9-15)4-3-12(17)2/h11-13H,3-10,15H2,1-2H3. The van der Waals surface area contributed by atoms with Crippen molar-refractivity contribution in [2.75, 3.05) is 26.2 Å². The maximum atomic E-state index is 12.5. The Morgan fingerprint density at radius 1 is 1.17 bits per heavy atom. The molecule has 2 heterocycles. The number of hydrogen-bond donors (Lipinski definition) is 1. The van der Waals surface area contributed by atoms with E-state index in [9.17, 15) is 4.79 Å². The number of piperidine rings is 2. The Labute approximate surface area is 110 Å². The molecule has 0 radical (unpaired) electrons. The first-order chi connectivity index (χ1) is 8.61. The molecule has 2 saturated heterocycles. The van der Waals surface area contributed by atoms with Crippen LogP contribution in [0.1, 0.15) is 39.5 Å². The summed E-state index contributed by atoms with van der Waals surface area (Å²) in [6.45, 7) is 7.84. The monoisotopic (exact) mass is 253 g/mol. The highest BCUT2D eigenvalue weighted by molar-refractivity contribution is 5.75. The number of nitrogens with zero attached hydrogens (tertiary/aromatic N) is 2. The molecule has 2 unspecified atom stereocenters. The molecule has 0 spiro atoms. The van der Waals surface area contributed by atoms with Crippen molar-refractivity contribution in [3.8, 4) is 0 Å². The summed E-state index contributed by atoms with van der Waals surface area (Å²) in [5.41, 5.74) is 5.76. The highest BCUT2D eigenvalue weighted by atomic mass is 16.2. The van der Waals surface area contributed by atoms with Crippen LogP contribution in [0.25, 0.3) is 0 Å². The van der Waals surface area contributed by atoms with Gasteiger partial charge in [-0.2, -0.15) is 0 Å². The smallest absolute Gasteiger partial charge is 0.320 e. The van der Waals surface area contributed by atoms with Gasteiger partial charge in [-0.1, -0.05) is 6.92 Å². The van der Waals surface area contributed by atoms with E-state index in [0.717, 1.165) is 44.8 Å². The van der Waals surface area contributed by atoms with Crippen LogP contribution in [0.4, 0.5) is 4.79 Å². The van der Waals surface area contributed by atoms with Gasteiger partial charge in [-0.15, -0.1) is 0 Å². The Balaban J connectivity index is 1.94. The van der Waals surface area contributed by atoms with Gasteiger partial charge in [0.15, 0.2) is 0 Å². The van der Waals surface area contributed by atoms with Crippen molar-refractivity contribution in [2.24, 2.45) is 17.6 Å². The summed E-state index contributed by atoms with van der Waals surface area (Å²) in [5, 5.41) is 0. The van der Waals surface area contributed by atoms with Crippen molar-refractivity contribution < 1.29 is 4.79 Å². The zero-order chi connectivity index (χ0) is 13.1. The van der Waals surface area contributed by atoms with Gasteiger partial charge in [0.05, 0.1) is 0 Å². The predicted molar refractivity (Wildman–Crippen MR) is 73.3 cm³/mol. The fourth-order valence-electron chi connectivity index (χ4n) is 3.02. The van der Waals surface area contributed by atoms with Crippen LogP contribution in [-0.2, 0) is 0 Å². The van der Waals surface area contributed by atoms with E-state index in [4.69, 9.17) is 5.73 Å². The predicted octanol–water partition coefficient (Wildman–Crippen LogP) is 1.90. The van der Waals surface area contributed by atoms with Gasteiger partial charge in [0, 0.05) is 25.7 Å². The van der Waals surface area contributed by atoms with Crippen LogP contribution in [0.2, 0.25) is 0 Å². The van der Waals surface area contributed by atoms with E-state index >= 15 is 0 Å². The lowest BCUT2D eigenvalue weighted by Crippen LogP contribution is -2.53. The highest BCUT2D eigenvalue weighted by Gasteiger charge is 2.32. The topological polar surface area (TPSA) is 49.6 Å². The normalized spacial score (nSPS) is 30.6. The van der Waals surface area contributed by atoms with Crippen molar-refractivity contribution in [3.05, 3.63) is 0 Å². The number of amides is 2. The van der Waals surface area contributed by atoms with Gasteiger partial charge in [0.25, 0.3) is 0 Å². The van der Waals surface area contributed by atoms with Crippen molar-refractivity contribution in [3.63, 3.8) is 0 Å². The van der Waals surface area contributed by atoms with E-state index in [2.05, 4.69) is 18.7 Å². The molecule has 104 valence electrons. The van der Waals surface area contributed by atoms with Crippen LogP contribution in [0, 0.1) is 11.8 Å². The molecule has 2 amide bonds. The molecule has 2 N–H and O–H groups in total. The molecule has 2 aliphatic heterocycles. The number of rotatable bonds is 1. The summed E-state index contributed by atoms with van der Waals surface area (Å²) >= 11 is 0. The summed E-state index contributed by atoms with van der Waals surface area (Å²) in [4.78, 5) is 16.6.